The number of hydrogen-bond acceptors (Lipinski definition) is 4. The van der Waals surface area contributed by atoms with Gasteiger partial charge in [0.25, 0.3) is 5.91 Å². The van der Waals surface area contributed by atoms with Gasteiger partial charge in [-0.05, 0) is 53.4 Å². The van der Waals surface area contributed by atoms with Gasteiger partial charge in [-0.1, -0.05) is 19.9 Å². The van der Waals surface area contributed by atoms with Gasteiger partial charge in [-0.2, -0.15) is 0 Å². The summed E-state index contributed by atoms with van der Waals surface area (Å²) in [6.45, 7) is 7.86. The molecule has 1 amide bonds. The van der Waals surface area contributed by atoms with Crippen LogP contribution in [-0.4, -0.2) is 17.0 Å². The molecule has 1 aromatic carbocycles. The fraction of sp³-hybridized carbons (Fsp3) is 0.375. The molecule has 6 heteroatoms. The lowest BCUT2D eigenvalue weighted by Crippen LogP contribution is -2.30. The van der Waals surface area contributed by atoms with Crippen LogP contribution in [0.2, 0.25) is 0 Å². The second-order valence-corrected chi connectivity index (χ2v) is 7.13. The Balaban J connectivity index is 1.99. The summed E-state index contributed by atoms with van der Waals surface area (Å²) in [5.74, 6) is 0.784. The Morgan fingerprint density at radius 3 is 2.68 bits per heavy atom. The van der Waals surface area contributed by atoms with Crippen LogP contribution in [0.4, 0.5) is 5.13 Å². The number of thiazole rings is 1. The van der Waals surface area contributed by atoms with Crippen molar-refractivity contribution >= 4 is 38.3 Å². The average molecular weight is 383 g/mol. The summed E-state index contributed by atoms with van der Waals surface area (Å²) in [5, 5.41) is 5.36. The molecule has 1 atom stereocenters. The number of nitrogens with zero attached hydrogens (tertiary/aromatic N) is 1. The number of aryl methyl sites for hydroxylation is 1. The Hall–Kier alpha value is -1.40. The van der Waals surface area contributed by atoms with E-state index < -0.39 is 6.10 Å². The molecule has 0 aliphatic carbocycles. The van der Waals surface area contributed by atoms with Crippen molar-refractivity contribution in [1.82, 2.24) is 4.98 Å². The molecule has 0 fully saturated rings. The van der Waals surface area contributed by atoms with Crippen LogP contribution >= 0.6 is 27.3 Å². The number of carbonyl (C=O) groups excluding carboxylic acids is 1. The highest BCUT2D eigenvalue weighted by Crippen LogP contribution is 2.27. The maximum absolute atomic E-state index is 12.2. The highest BCUT2D eigenvalue weighted by Gasteiger charge is 2.18. The second-order valence-electron chi connectivity index (χ2n) is 5.42. The molecular weight excluding hydrogens is 364 g/mol. The molecule has 0 radical (unpaired) electrons. The molecule has 22 heavy (non-hydrogen) atoms. The lowest BCUT2D eigenvalue weighted by Gasteiger charge is -2.15. The van der Waals surface area contributed by atoms with E-state index in [4.69, 9.17) is 4.74 Å². The summed E-state index contributed by atoms with van der Waals surface area (Å²) >= 11 is 4.87. The lowest BCUT2D eigenvalue weighted by atomic mass is 10.2. The van der Waals surface area contributed by atoms with Gasteiger partial charge in [0.05, 0.1) is 10.2 Å². The van der Waals surface area contributed by atoms with Crippen molar-refractivity contribution in [1.29, 1.82) is 0 Å². The van der Waals surface area contributed by atoms with E-state index in [0.29, 0.717) is 16.8 Å². The zero-order chi connectivity index (χ0) is 16.3. The van der Waals surface area contributed by atoms with Gasteiger partial charge in [0.2, 0.25) is 0 Å². The van der Waals surface area contributed by atoms with Crippen molar-refractivity contribution in [3.05, 3.63) is 39.3 Å². The van der Waals surface area contributed by atoms with Crippen LogP contribution in [0.3, 0.4) is 0 Å². The Kier molecular flexibility index (Phi) is 5.58. The summed E-state index contributed by atoms with van der Waals surface area (Å²) in [4.78, 5) is 16.6. The van der Waals surface area contributed by atoms with Crippen molar-refractivity contribution in [2.75, 3.05) is 5.32 Å². The number of anilines is 1. The average Bonchev–Trinajstić information content (AvgIpc) is 2.90. The van der Waals surface area contributed by atoms with Crippen LogP contribution < -0.4 is 10.1 Å². The Morgan fingerprint density at radius 2 is 2.09 bits per heavy atom. The quantitative estimate of drug-likeness (QED) is 0.811. The monoisotopic (exact) mass is 382 g/mol. The number of rotatable bonds is 5. The van der Waals surface area contributed by atoms with Gasteiger partial charge >= 0.3 is 0 Å². The van der Waals surface area contributed by atoms with E-state index in [1.807, 2.05) is 30.5 Å². The number of hydrogen-bond donors (Lipinski definition) is 1. The van der Waals surface area contributed by atoms with E-state index in [2.05, 4.69) is 40.1 Å². The van der Waals surface area contributed by atoms with Crippen LogP contribution in [0, 0.1) is 6.92 Å². The normalized spacial score (nSPS) is 12.3. The van der Waals surface area contributed by atoms with E-state index >= 15 is 0 Å². The zero-order valence-electron chi connectivity index (χ0n) is 13.0. The smallest absolute Gasteiger partial charge is 0.266 e. The Labute approximate surface area is 143 Å². The summed E-state index contributed by atoms with van der Waals surface area (Å²) in [6.07, 6.45) is -0.606. The van der Waals surface area contributed by atoms with Gasteiger partial charge in [0, 0.05) is 5.38 Å². The molecule has 0 saturated heterocycles. The predicted molar refractivity (Wildman–Crippen MR) is 93.8 cm³/mol. The molecule has 0 aliphatic rings. The van der Waals surface area contributed by atoms with Crippen LogP contribution in [0.1, 0.15) is 37.9 Å². The maximum atomic E-state index is 12.2. The second kappa shape index (κ2) is 7.24. The van der Waals surface area contributed by atoms with Crippen molar-refractivity contribution in [3.63, 3.8) is 0 Å². The molecule has 4 nitrogen and oxygen atoms in total. The molecule has 2 rings (SSSR count). The van der Waals surface area contributed by atoms with Crippen LogP contribution in [0.5, 0.6) is 5.75 Å². The fourth-order valence-corrected chi connectivity index (χ4v) is 3.22. The van der Waals surface area contributed by atoms with Gasteiger partial charge in [-0.15, -0.1) is 11.3 Å². The Bertz CT molecular complexity index is 670. The standard InChI is InChI=1S/C16H19BrN2O2S/c1-9(2)13-8-22-16(18-13)19-15(20)11(4)21-14-6-5-10(3)7-12(14)17/h5-9,11H,1-4H3,(H,18,19,20). The molecular formula is C16H19BrN2O2S. The van der Waals surface area contributed by atoms with Crippen molar-refractivity contribution in [2.24, 2.45) is 0 Å². The number of carbonyl (C=O) groups is 1. The predicted octanol–water partition coefficient (Wildman–Crippen LogP) is 4.74. The molecule has 2 aromatic rings. The van der Waals surface area contributed by atoms with Crippen LogP contribution in [-0.2, 0) is 4.79 Å². The molecule has 0 saturated carbocycles. The third kappa shape index (κ3) is 4.30. The zero-order valence-corrected chi connectivity index (χ0v) is 15.4. The fourth-order valence-electron chi connectivity index (χ4n) is 1.76. The highest BCUT2D eigenvalue weighted by molar-refractivity contribution is 9.10. The van der Waals surface area contributed by atoms with E-state index in [9.17, 15) is 4.79 Å². The van der Waals surface area contributed by atoms with E-state index in [-0.39, 0.29) is 5.91 Å². The lowest BCUT2D eigenvalue weighted by molar-refractivity contribution is -0.122. The third-order valence-corrected chi connectivity index (χ3v) is 4.50. The first-order valence-corrected chi connectivity index (χ1v) is 8.73. The minimum atomic E-state index is -0.606. The molecule has 0 spiro atoms. The summed E-state index contributed by atoms with van der Waals surface area (Å²) in [7, 11) is 0. The third-order valence-electron chi connectivity index (χ3n) is 3.10. The first-order chi connectivity index (χ1) is 10.4. The maximum Gasteiger partial charge on any atom is 0.266 e. The molecule has 1 N–H and O–H groups in total. The first kappa shape index (κ1) is 17.0. The number of halogens is 1. The molecule has 118 valence electrons. The summed E-state index contributed by atoms with van der Waals surface area (Å²) < 4.78 is 6.54. The van der Waals surface area contributed by atoms with Crippen molar-refractivity contribution in [2.45, 2.75) is 39.7 Å². The SMILES string of the molecule is Cc1ccc(OC(C)C(=O)Nc2nc(C(C)C)cs2)c(Br)c1. The minimum absolute atomic E-state index is 0.211. The molecule has 0 aliphatic heterocycles. The van der Waals surface area contributed by atoms with Crippen LogP contribution in [0.25, 0.3) is 0 Å². The van der Waals surface area contributed by atoms with Gasteiger partial charge in [0.1, 0.15) is 5.75 Å². The number of aromatic nitrogens is 1. The van der Waals surface area contributed by atoms with Gasteiger partial charge < -0.3 is 4.74 Å². The molecule has 1 heterocycles. The van der Waals surface area contributed by atoms with Gasteiger partial charge in [-0.3, -0.25) is 10.1 Å². The summed E-state index contributed by atoms with van der Waals surface area (Å²) in [6, 6.07) is 5.75. The van der Waals surface area contributed by atoms with Gasteiger partial charge in [-0.25, -0.2) is 4.98 Å². The Morgan fingerprint density at radius 1 is 1.36 bits per heavy atom. The van der Waals surface area contributed by atoms with E-state index in [1.54, 1.807) is 6.92 Å². The number of ether oxygens (including phenoxy) is 1. The van der Waals surface area contributed by atoms with Gasteiger partial charge in [0.15, 0.2) is 11.2 Å². The minimum Gasteiger partial charge on any atom is -0.480 e. The van der Waals surface area contributed by atoms with Crippen molar-refractivity contribution < 1.29 is 9.53 Å². The van der Waals surface area contributed by atoms with E-state index in [0.717, 1.165) is 15.7 Å². The van der Waals surface area contributed by atoms with E-state index in [1.165, 1.54) is 11.3 Å². The number of benzene rings is 1. The molecule has 1 unspecified atom stereocenters. The van der Waals surface area contributed by atoms with Crippen molar-refractivity contribution in [3.8, 4) is 5.75 Å². The van der Waals surface area contributed by atoms with Crippen LogP contribution in [0.15, 0.2) is 28.1 Å². The largest absolute Gasteiger partial charge is 0.480 e. The topological polar surface area (TPSA) is 51.2 Å². The highest BCUT2D eigenvalue weighted by atomic mass is 79.9. The molecule has 1 aromatic heterocycles. The molecule has 0 bridgehead atoms. The first-order valence-electron chi connectivity index (χ1n) is 7.06. The summed E-state index contributed by atoms with van der Waals surface area (Å²) in [5.41, 5.74) is 2.11. The number of amides is 1. The number of nitrogens with one attached hydrogen (secondary N) is 1.